The topological polar surface area (TPSA) is 47.6 Å². The summed E-state index contributed by atoms with van der Waals surface area (Å²) in [5.41, 5.74) is 1.26. The van der Waals surface area contributed by atoms with Gasteiger partial charge in [0.1, 0.15) is 18.1 Å². The molecule has 5 heteroatoms. The minimum atomic E-state index is 0.0227. The highest BCUT2D eigenvalue weighted by atomic mass is 32.2. The number of hydrogen-bond donors (Lipinski definition) is 1. The van der Waals surface area contributed by atoms with Gasteiger partial charge in [0.15, 0.2) is 0 Å². The molecule has 1 amide bonds. The van der Waals surface area contributed by atoms with Gasteiger partial charge in [-0.1, -0.05) is 48.5 Å². The zero-order valence-electron chi connectivity index (χ0n) is 15.3. The van der Waals surface area contributed by atoms with Crippen molar-refractivity contribution in [2.45, 2.75) is 5.75 Å². The van der Waals surface area contributed by atoms with Gasteiger partial charge in [-0.15, -0.1) is 11.8 Å². The molecule has 0 aliphatic heterocycles. The van der Waals surface area contributed by atoms with Gasteiger partial charge in [0.25, 0.3) is 0 Å². The second kappa shape index (κ2) is 9.88. The van der Waals surface area contributed by atoms with Gasteiger partial charge in [-0.2, -0.15) is 0 Å². The van der Waals surface area contributed by atoms with Crippen LogP contribution in [0, 0.1) is 0 Å². The summed E-state index contributed by atoms with van der Waals surface area (Å²) < 4.78 is 10.8. The number of methoxy groups -OCH3 is 1. The summed E-state index contributed by atoms with van der Waals surface area (Å²) in [7, 11) is 1.62. The average Bonchev–Trinajstić information content (AvgIpc) is 2.71. The lowest BCUT2D eigenvalue weighted by Gasteiger charge is -2.09. The van der Waals surface area contributed by atoms with Gasteiger partial charge in [-0.05, 0) is 28.5 Å². The molecule has 0 heterocycles. The van der Waals surface area contributed by atoms with Crippen molar-refractivity contribution in [1.82, 2.24) is 5.32 Å². The molecule has 0 radical (unpaired) electrons. The number of thioether (sulfide) groups is 1. The SMILES string of the molecule is COc1cccc(OCCNC(=O)CSCc2cccc3ccccc23)c1. The van der Waals surface area contributed by atoms with Crippen molar-refractivity contribution in [3.63, 3.8) is 0 Å². The zero-order chi connectivity index (χ0) is 18.9. The van der Waals surface area contributed by atoms with Crippen molar-refractivity contribution in [1.29, 1.82) is 0 Å². The lowest BCUT2D eigenvalue weighted by Crippen LogP contribution is -2.29. The first-order valence-corrected chi connectivity index (χ1v) is 9.99. The molecular formula is C22H23NO3S. The quantitative estimate of drug-likeness (QED) is 0.562. The van der Waals surface area contributed by atoms with E-state index in [1.165, 1.54) is 16.3 Å². The van der Waals surface area contributed by atoms with Gasteiger partial charge >= 0.3 is 0 Å². The Hall–Kier alpha value is -2.66. The van der Waals surface area contributed by atoms with Crippen molar-refractivity contribution in [3.8, 4) is 11.5 Å². The van der Waals surface area contributed by atoms with Crippen LogP contribution < -0.4 is 14.8 Å². The van der Waals surface area contributed by atoms with E-state index in [1.807, 2.05) is 36.4 Å². The lowest BCUT2D eigenvalue weighted by molar-refractivity contribution is -0.118. The van der Waals surface area contributed by atoms with E-state index in [4.69, 9.17) is 9.47 Å². The van der Waals surface area contributed by atoms with Crippen LogP contribution in [0.5, 0.6) is 11.5 Å². The molecule has 0 aliphatic rings. The largest absolute Gasteiger partial charge is 0.497 e. The second-order valence-corrected chi connectivity index (χ2v) is 6.99. The molecule has 0 aliphatic carbocycles. The fourth-order valence-electron chi connectivity index (χ4n) is 2.77. The summed E-state index contributed by atoms with van der Waals surface area (Å²) in [5, 5.41) is 5.37. The molecule has 0 bridgehead atoms. The number of ether oxygens (including phenoxy) is 2. The van der Waals surface area contributed by atoms with Gasteiger partial charge in [0, 0.05) is 11.8 Å². The Kier molecular flexibility index (Phi) is 6.99. The first-order valence-electron chi connectivity index (χ1n) is 8.84. The van der Waals surface area contributed by atoms with Crippen molar-refractivity contribution in [2.75, 3.05) is 26.0 Å². The Morgan fingerprint density at radius 1 is 1.00 bits per heavy atom. The molecule has 3 aromatic rings. The maximum Gasteiger partial charge on any atom is 0.230 e. The van der Waals surface area contributed by atoms with E-state index in [1.54, 1.807) is 18.9 Å². The van der Waals surface area contributed by atoms with Crippen molar-refractivity contribution >= 4 is 28.4 Å². The van der Waals surface area contributed by atoms with Crippen LogP contribution in [0.15, 0.2) is 66.7 Å². The van der Waals surface area contributed by atoms with Crippen molar-refractivity contribution in [2.24, 2.45) is 0 Å². The predicted octanol–water partition coefficient (Wildman–Crippen LogP) is 4.28. The molecule has 0 aromatic heterocycles. The number of carbonyl (C=O) groups excluding carboxylic acids is 1. The lowest BCUT2D eigenvalue weighted by atomic mass is 10.1. The molecule has 0 fully saturated rings. The Morgan fingerprint density at radius 3 is 2.67 bits per heavy atom. The van der Waals surface area contributed by atoms with Crippen molar-refractivity contribution < 1.29 is 14.3 Å². The summed E-state index contributed by atoms with van der Waals surface area (Å²) in [6.45, 7) is 0.901. The Morgan fingerprint density at radius 2 is 1.78 bits per heavy atom. The van der Waals surface area contributed by atoms with Crippen LogP contribution in [0.4, 0.5) is 0 Å². The minimum Gasteiger partial charge on any atom is -0.497 e. The van der Waals surface area contributed by atoms with E-state index in [-0.39, 0.29) is 5.91 Å². The number of benzene rings is 3. The minimum absolute atomic E-state index is 0.0227. The van der Waals surface area contributed by atoms with E-state index in [2.05, 4.69) is 35.6 Å². The van der Waals surface area contributed by atoms with Crippen LogP contribution in [0.25, 0.3) is 10.8 Å². The molecule has 0 atom stereocenters. The van der Waals surface area contributed by atoms with Gasteiger partial charge in [-0.3, -0.25) is 4.79 Å². The monoisotopic (exact) mass is 381 g/mol. The number of nitrogens with one attached hydrogen (secondary N) is 1. The first-order chi connectivity index (χ1) is 13.3. The highest BCUT2D eigenvalue weighted by molar-refractivity contribution is 7.99. The molecule has 27 heavy (non-hydrogen) atoms. The molecular weight excluding hydrogens is 358 g/mol. The summed E-state index contributed by atoms with van der Waals surface area (Å²) in [4.78, 5) is 12.0. The average molecular weight is 381 g/mol. The van der Waals surface area contributed by atoms with E-state index >= 15 is 0 Å². The molecule has 1 N–H and O–H groups in total. The van der Waals surface area contributed by atoms with E-state index in [9.17, 15) is 4.79 Å². The zero-order valence-corrected chi connectivity index (χ0v) is 16.1. The normalized spacial score (nSPS) is 10.6. The molecule has 3 aromatic carbocycles. The molecule has 140 valence electrons. The Balaban J connectivity index is 1.37. The smallest absolute Gasteiger partial charge is 0.230 e. The van der Waals surface area contributed by atoms with Crippen LogP contribution in [-0.4, -0.2) is 31.9 Å². The number of carbonyl (C=O) groups is 1. The molecule has 0 spiro atoms. The van der Waals surface area contributed by atoms with E-state index in [0.717, 1.165) is 17.3 Å². The fraction of sp³-hybridized carbons (Fsp3) is 0.227. The number of rotatable bonds is 9. The van der Waals surface area contributed by atoms with Gasteiger partial charge in [0.2, 0.25) is 5.91 Å². The predicted molar refractivity (Wildman–Crippen MR) is 112 cm³/mol. The number of fused-ring (bicyclic) bond motifs is 1. The molecule has 0 saturated heterocycles. The summed E-state index contributed by atoms with van der Waals surface area (Å²) in [6.07, 6.45) is 0. The first kappa shape index (κ1) is 19.1. The second-order valence-electron chi connectivity index (χ2n) is 6.01. The molecule has 0 saturated carbocycles. The highest BCUT2D eigenvalue weighted by Gasteiger charge is 2.04. The summed E-state index contributed by atoms with van der Waals surface area (Å²) in [5.74, 6) is 2.75. The standard InChI is InChI=1S/C22H23NO3S/c1-25-19-9-5-10-20(14-19)26-13-12-23-22(24)16-27-15-18-8-4-7-17-6-2-3-11-21(17)18/h2-11,14H,12-13,15-16H2,1H3,(H,23,24). The maximum absolute atomic E-state index is 12.0. The number of amides is 1. The van der Waals surface area contributed by atoms with E-state index in [0.29, 0.717) is 18.9 Å². The van der Waals surface area contributed by atoms with Crippen LogP contribution in [-0.2, 0) is 10.5 Å². The molecule has 3 rings (SSSR count). The van der Waals surface area contributed by atoms with Gasteiger partial charge < -0.3 is 14.8 Å². The fourth-order valence-corrected chi connectivity index (χ4v) is 3.63. The number of hydrogen-bond acceptors (Lipinski definition) is 4. The van der Waals surface area contributed by atoms with E-state index < -0.39 is 0 Å². The van der Waals surface area contributed by atoms with Gasteiger partial charge in [-0.25, -0.2) is 0 Å². The Bertz CT molecular complexity index is 892. The third-order valence-corrected chi connectivity index (χ3v) is 5.09. The third kappa shape index (κ3) is 5.66. The Labute approximate surface area is 163 Å². The van der Waals surface area contributed by atoms with Gasteiger partial charge in [0.05, 0.1) is 19.4 Å². The van der Waals surface area contributed by atoms with Crippen LogP contribution >= 0.6 is 11.8 Å². The van der Waals surface area contributed by atoms with Crippen LogP contribution in [0.3, 0.4) is 0 Å². The van der Waals surface area contributed by atoms with Crippen LogP contribution in [0.2, 0.25) is 0 Å². The molecule has 0 unspecified atom stereocenters. The highest BCUT2D eigenvalue weighted by Crippen LogP contribution is 2.22. The summed E-state index contributed by atoms with van der Waals surface area (Å²) >= 11 is 1.62. The molecule has 4 nitrogen and oxygen atoms in total. The van der Waals surface area contributed by atoms with Crippen LogP contribution in [0.1, 0.15) is 5.56 Å². The summed E-state index contributed by atoms with van der Waals surface area (Å²) in [6, 6.07) is 22.0. The third-order valence-electron chi connectivity index (χ3n) is 4.10. The maximum atomic E-state index is 12.0. The van der Waals surface area contributed by atoms with Crippen molar-refractivity contribution in [3.05, 3.63) is 72.3 Å².